The van der Waals surface area contributed by atoms with E-state index in [1.165, 1.54) is 5.19 Å². The minimum absolute atomic E-state index is 0.0552. The first-order valence-electron chi connectivity index (χ1n) is 10.4. The number of esters is 1. The number of aliphatic hydroxyl groups is 1. The fourth-order valence-electron chi connectivity index (χ4n) is 3.97. The predicted octanol–water partition coefficient (Wildman–Crippen LogP) is 5.12. The first-order chi connectivity index (χ1) is 14.4. The standard InChI is InChI=1S/C23H31N3O3Si/c1-4-29-23(28)16-15-20(25-26-24)22(17-21(27)18-11-7-5-8-12-18)30(2,3)19-13-9-6-10-14-19/h5-14,20-22,27H,4,15-17H2,1-3H3/t20-,21-,22-/m0/s1. The van der Waals surface area contributed by atoms with Gasteiger partial charge in [-0.05, 0) is 36.4 Å². The molecule has 0 aliphatic rings. The number of benzene rings is 2. The number of hydrogen-bond donors (Lipinski definition) is 1. The number of nitrogens with zero attached hydrogens (tertiary/aromatic N) is 3. The third-order valence-electron chi connectivity index (χ3n) is 5.72. The Hall–Kier alpha value is -2.60. The Morgan fingerprint density at radius 1 is 1.13 bits per heavy atom. The molecule has 2 aromatic carbocycles. The SMILES string of the molecule is CCOC(=O)CC[C@H](N=[N+]=[N-])[C@H](C[C@H](O)c1ccccc1)[Si](C)(C)c1ccccc1. The Balaban J connectivity index is 2.36. The molecule has 0 spiro atoms. The van der Waals surface area contributed by atoms with Gasteiger partial charge < -0.3 is 9.84 Å². The van der Waals surface area contributed by atoms with Gasteiger partial charge >= 0.3 is 5.97 Å². The van der Waals surface area contributed by atoms with Crippen LogP contribution in [0.3, 0.4) is 0 Å². The smallest absolute Gasteiger partial charge is 0.305 e. The van der Waals surface area contributed by atoms with Crippen molar-refractivity contribution < 1.29 is 14.6 Å². The quantitative estimate of drug-likeness (QED) is 0.178. The largest absolute Gasteiger partial charge is 0.466 e. The van der Waals surface area contributed by atoms with Crippen LogP contribution in [0.5, 0.6) is 0 Å². The molecule has 0 heterocycles. The molecule has 0 unspecified atom stereocenters. The van der Waals surface area contributed by atoms with E-state index >= 15 is 0 Å². The van der Waals surface area contributed by atoms with Gasteiger partial charge in [0, 0.05) is 17.4 Å². The highest BCUT2D eigenvalue weighted by atomic mass is 28.3. The van der Waals surface area contributed by atoms with Gasteiger partial charge in [0.25, 0.3) is 0 Å². The van der Waals surface area contributed by atoms with Crippen LogP contribution in [0.25, 0.3) is 10.4 Å². The molecular weight excluding hydrogens is 394 g/mol. The third-order valence-corrected chi connectivity index (χ3v) is 10.0. The monoisotopic (exact) mass is 425 g/mol. The van der Waals surface area contributed by atoms with Gasteiger partial charge in [-0.3, -0.25) is 4.79 Å². The molecule has 7 heteroatoms. The number of ether oxygens (including phenoxy) is 1. The van der Waals surface area contributed by atoms with E-state index in [2.05, 4.69) is 35.3 Å². The summed E-state index contributed by atoms with van der Waals surface area (Å²) in [5, 5.41) is 16.3. The molecule has 6 nitrogen and oxygen atoms in total. The Morgan fingerprint density at radius 2 is 1.73 bits per heavy atom. The lowest BCUT2D eigenvalue weighted by atomic mass is 9.99. The van der Waals surface area contributed by atoms with Crippen LogP contribution in [0.15, 0.2) is 65.8 Å². The van der Waals surface area contributed by atoms with Gasteiger partial charge in [0.05, 0.1) is 20.8 Å². The van der Waals surface area contributed by atoms with Gasteiger partial charge in [-0.1, -0.05) is 84.1 Å². The zero-order valence-electron chi connectivity index (χ0n) is 17.9. The molecule has 30 heavy (non-hydrogen) atoms. The van der Waals surface area contributed by atoms with Crippen molar-refractivity contribution >= 4 is 19.2 Å². The lowest BCUT2D eigenvalue weighted by molar-refractivity contribution is -0.143. The Morgan fingerprint density at radius 3 is 2.30 bits per heavy atom. The highest BCUT2D eigenvalue weighted by Crippen LogP contribution is 2.38. The lowest BCUT2D eigenvalue weighted by Gasteiger charge is -2.38. The third kappa shape index (κ3) is 6.45. The van der Waals surface area contributed by atoms with Gasteiger partial charge in [-0.2, -0.15) is 0 Å². The molecule has 0 radical (unpaired) electrons. The van der Waals surface area contributed by atoms with E-state index in [1.807, 2.05) is 48.5 Å². The molecule has 2 aromatic rings. The molecule has 0 aromatic heterocycles. The molecule has 1 N–H and O–H groups in total. The zero-order valence-corrected chi connectivity index (χ0v) is 18.9. The molecule has 0 aliphatic carbocycles. The van der Waals surface area contributed by atoms with Crippen molar-refractivity contribution in [2.75, 3.05) is 6.61 Å². The molecular formula is C23H31N3O3Si. The van der Waals surface area contributed by atoms with Crippen molar-refractivity contribution in [3.05, 3.63) is 76.7 Å². The van der Waals surface area contributed by atoms with Gasteiger partial charge in [0.1, 0.15) is 0 Å². The summed E-state index contributed by atoms with van der Waals surface area (Å²) in [5.41, 5.74) is 10.0. The Kier molecular flexibility index (Phi) is 9.11. The van der Waals surface area contributed by atoms with E-state index in [0.29, 0.717) is 19.4 Å². The van der Waals surface area contributed by atoms with Crippen LogP contribution < -0.4 is 5.19 Å². The number of aliphatic hydroxyl groups excluding tert-OH is 1. The van der Waals surface area contributed by atoms with Crippen LogP contribution in [-0.2, 0) is 9.53 Å². The van der Waals surface area contributed by atoms with Gasteiger partial charge in [0.2, 0.25) is 0 Å². The number of carbonyl (C=O) groups excluding carboxylic acids is 1. The summed E-state index contributed by atoms with van der Waals surface area (Å²) in [5.74, 6) is -0.294. The summed E-state index contributed by atoms with van der Waals surface area (Å²) in [4.78, 5) is 15.0. The van der Waals surface area contributed by atoms with Crippen molar-refractivity contribution in [2.24, 2.45) is 5.11 Å². The summed E-state index contributed by atoms with van der Waals surface area (Å²) in [6.07, 6.45) is 0.378. The Labute approximate surface area is 179 Å². The van der Waals surface area contributed by atoms with Gasteiger partial charge in [-0.25, -0.2) is 0 Å². The van der Waals surface area contributed by atoms with Gasteiger partial charge in [0.15, 0.2) is 0 Å². The fourth-order valence-corrected chi connectivity index (χ4v) is 7.46. The van der Waals surface area contributed by atoms with Crippen molar-refractivity contribution in [3.63, 3.8) is 0 Å². The number of azide groups is 1. The number of rotatable bonds is 11. The predicted molar refractivity (Wildman–Crippen MR) is 122 cm³/mol. The first kappa shape index (κ1) is 23.7. The maximum atomic E-state index is 11.9. The van der Waals surface area contributed by atoms with E-state index in [0.717, 1.165) is 5.56 Å². The highest BCUT2D eigenvalue weighted by Gasteiger charge is 2.40. The molecule has 160 valence electrons. The average molecular weight is 426 g/mol. The minimum atomic E-state index is -2.17. The first-order valence-corrected chi connectivity index (χ1v) is 13.5. The number of hydrogen-bond acceptors (Lipinski definition) is 4. The molecule has 0 saturated carbocycles. The van der Waals surface area contributed by atoms with Crippen molar-refractivity contribution in [1.82, 2.24) is 0 Å². The van der Waals surface area contributed by atoms with Crippen LogP contribution in [0.1, 0.15) is 37.9 Å². The maximum absolute atomic E-state index is 11.9. The van der Waals surface area contributed by atoms with Crippen molar-refractivity contribution in [1.29, 1.82) is 0 Å². The molecule has 2 rings (SSSR count). The van der Waals surface area contributed by atoms with E-state index in [-0.39, 0.29) is 17.9 Å². The van der Waals surface area contributed by atoms with E-state index in [1.54, 1.807) is 6.92 Å². The summed E-state index contributed by atoms with van der Waals surface area (Å²) >= 11 is 0. The summed E-state index contributed by atoms with van der Waals surface area (Å²) in [7, 11) is -2.17. The minimum Gasteiger partial charge on any atom is -0.466 e. The normalized spacial score (nSPS) is 14.3. The molecule has 0 amide bonds. The summed E-state index contributed by atoms with van der Waals surface area (Å²) in [6, 6.07) is 19.3. The van der Waals surface area contributed by atoms with Gasteiger partial charge in [-0.15, -0.1) is 0 Å². The lowest BCUT2D eigenvalue weighted by Crippen LogP contribution is -2.50. The van der Waals surface area contributed by atoms with Crippen molar-refractivity contribution in [2.45, 2.75) is 57.0 Å². The zero-order chi connectivity index (χ0) is 22.0. The van der Waals surface area contributed by atoms with E-state index in [9.17, 15) is 15.4 Å². The number of carbonyl (C=O) groups is 1. The second kappa shape index (κ2) is 11.5. The maximum Gasteiger partial charge on any atom is 0.305 e. The second-order valence-corrected chi connectivity index (χ2v) is 12.7. The Bertz CT molecular complexity index is 839. The fraction of sp³-hybridized carbons (Fsp3) is 0.435. The molecule has 0 aliphatic heterocycles. The van der Waals surface area contributed by atoms with E-state index < -0.39 is 20.2 Å². The molecule has 0 fully saturated rings. The topological polar surface area (TPSA) is 95.3 Å². The van der Waals surface area contributed by atoms with Crippen LogP contribution in [0.4, 0.5) is 0 Å². The summed E-state index contributed by atoms with van der Waals surface area (Å²) in [6.45, 7) is 6.56. The van der Waals surface area contributed by atoms with E-state index in [4.69, 9.17) is 4.74 Å². The van der Waals surface area contributed by atoms with Crippen LogP contribution >= 0.6 is 0 Å². The van der Waals surface area contributed by atoms with Crippen LogP contribution in [0, 0.1) is 0 Å². The second-order valence-electron chi connectivity index (χ2n) is 7.97. The average Bonchev–Trinajstić information content (AvgIpc) is 2.76. The molecule has 3 atom stereocenters. The van der Waals surface area contributed by atoms with Crippen LogP contribution in [-0.4, -0.2) is 31.8 Å². The summed E-state index contributed by atoms with van der Waals surface area (Å²) < 4.78 is 5.06. The molecule has 0 bridgehead atoms. The highest BCUT2D eigenvalue weighted by molar-refractivity contribution is 6.91. The van der Waals surface area contributed by atoms with Crippen LogP contribution in [0.2, 0.25) is 18.6 Å². The van der Waals surface area contributed by atoms with Crippen molar-refractivity contribution in [3.8, 4) is 0 Å². The molecule has 0 saturated heterocycles.